The molecule has 158 valence electrons. The minimum absolute atomic E-state index is 0.0337. The topological polar surface area (TPSA) is 96.3 Å². The lowest BCUT2D eigenvalue weighted by Gasteiger charge is -2.30. The number of hydrazine groups is 1. The second kappa shape index (κ2) is 8.14. The maximum Gasteiger partial charge on any atom is 0.344 e. The number of carbonyl (C=O) groups excluding carboxylic acids is 3. The highest BCUT2D eigenvalue weighted by atomic mass is 32.2. The number of imidazole rings is 1. The fourth-order valence-corrected chi connectivity index (χ4v) is 4.84. The zero-order valence-electron chi connectivity index (χ0n) is 17.1. The van der Waals surface area contributed by atoms with Gasteiger partial charge in [0.1, 0.15) is 5.54 Å². The molecule has 1 aromatic heterocycles. The van der Waals surface area contributed by atoms with Crippen molar-refractivity contribution in [3.63, 3.8) is 0 Å². The highest BCUT2D eigenvalue weighted by Crippen LogP contribution is 2.33. The van der Waals surface area contributed by atoms with Gasteiger partial charge < -0.3 is 5.32 Å². The van der Waals surface area contributed by atoms with Crippen molar-refractivity contribution in [1.29, 1.82) is 0 Å². The first kappa shape index (κ1) is 20.5. The Bertz CT molecular complexity index is 996. The molecule has 0 unspecified atom stereocenters. The number of hydrogen-bond acceptors (Lipinski definition) is 5. The number of aryl methyl sites for hydroxylation is 1. The number of imide groups is 1. The van der Waals surface area contributed by atoms with Gasteiger partial charge in [-0.05, 0) is 43.9 Å². The average molecular weight is 428 g/mol. The highest BCUT2D eigenvalue weighted by molar-refractivity contribution is 7.99. The largest absolute Gasteiger partial charge is 0.344 e. The fraction of sp³-hybridized carbons (Fsp3) is 0.429. The molecule has 2 heterocycles. The summed E-state index contributed by atoms with van der Waals surface area (Å²) >= 11 is 1.25. The van der Waals surface area contributed by atoms with Crippen molar-refractivity contribution in [1.82, 2.24) is 25.3 Å². The van der Waals surface area contributed by atoms with E-state index >= 15 is 0 Å². The number of aromatic nitrogens is 2. The smallest absolute Gasteiger partial charge is 0.322 e. The molecular formula is C21H25N5O3S. The van der Waals surface area contributed by atoms with Crippen molar-refractivity contribution in [3.05, 3.63) is 41.7 Å². The third kappa shape index (κ3) is 3.69. The SMILES string of the molecule is Cc1cccc(-n2ccnc2SCC(=O)NN2C(=O)NC3(CCCCC3)C2=O)c1C. The predicted molar refractivity (Wildman–Crippen MR) is 113 cm³/mol. The van der Waals surface area contributed by atoms with Gasteiger partial charge >= 0.3 is 6.03 Å². The van der Waals surface area contributed by atoms with E-state index in [0.717, 1.165) is 35.5 Å². The van der Waals surface area contributed by atoms with E-state index in [1.165, 1.54) is 17.3 Å². The molecule has 2 N–H and O–H groups in total. The summed E-state index contributed by atoms with van der Waals surface area (Å²) < 4.78 is 1.94. The Balaban J connectivity index is 1.41. The van der Waals surface area contributed by atoms with Crippen LogP contribution in [0.3, 0.4) is 0 Å². The van der Waals surface area contributed by atoms with Gasteiger partial charge in [0.15, 0.2) is 5.16 Å². The van der Waals surface area contributed by atoms with Crippen molar-refractivity contribution in [2.75, 3.05) is 5.75 Å². The normalized spacial score (nSPS) is 18.0. The van der Waals surface area contributed by atoms with Gasteiger partial charge in [-0.15, -0.1) is 0 Å². The summed E-state index contributed by atoms with van der Waals surface area (Å²) in [6.45, 7) is 4.09. The summed E-state index contributed by atoms with van der Waals surface area (Å²) in [7, 11) is 0. The predicted octanol–water partition coefficient (Wildman–Crippen LogP) is 2.87. The molecule has 0 radical (unpaired) electrons. The molecule has 4 amide bonds. The molecule has 1 spiro atoms. The van der Waals surface area contributed by atoms with Gasteiger partial charge in [0.2, 0.25) is 5.91 Å². The maximum absolute atomic E-state index is 12.8. The van der Waals surface area contributed by atoms with Crippen LogP contribution in [-0.4, -0.2) is 43.7 Å². The van der Waals surface area contributed by atoms with Gasteiger partial charge in [-0.1, -0.05) is 43.2 Å². The summed E-state index contributed by atoms with van der Waals surface area (Å²) in [4.78, 5) is 41.9. The van der Waals surface area contributed by atoms with E-state index < -0.39 is 17.5 Å². The summed E-state index contributed by atoms with van der Waals surface area (Å²) in [5.41, 5.74) is 4.93. The van der Waals surface area contributed by atoms with Crippen LogP contribution in [0.2, 0.25) is 0 Å². The molecule has 2 fully saturated rings. The van der Waals surface area contributed by atoms with E-state index in [9.17, 15) is 14.4 Å². The number of hydrogen-bond donors (Lipinski definition) is 2. The van der Waals surface area contributed by atoms with Crippen LogP contribution in [0.15, 0.2) is 35.7 Å². The van der Waals surface area contributed by atoms with E-state index in [1.807, 2.05) is 42.8 Å². The molecule has 1 aliphatic heterocycles. The minimum Gasteiger partial charge on any atom is -0.322 e. The van der Waals surface area contributed by atoms with Crippen molar-refractivity contribution < 1.29 is 14.4 Å². The lowest BCUT2D eigenvalue weighted by atomic mass is 9.82. The number of urea groups is 1. The monoisotopic (exact) mass is 427 g/mol. The summed E-state index contributed by atoms with van der Waals surface area (Å²) in [6.07, 6.45) is 7.62. The lowest BCUT2D eigenvalue weighted by molar-refractivity contribution is -0.139. The van der Waals surface area contributed by atoms with Crippen LogP contribution in [-0.2, 0) is 9.59 Å². The minimum atomic E-state index is -0.852. The molecule has 2 aromatic rings. The first-order valence-electron chi connectivity index (χ1n) is 10.1. The number of rotatable bonds is 5. The van der Waals surface area contributed by atoms with Crippen LogP contribution in [0, 0.1) is 13.8 Å². The van der Waals surface area contributed by atoms with E-state index in [1.54, 1.807) is 6.20 Å². The van der Waals surface area contributed by atoms with Crippen LogP contribution in [0.5, 0.6) is 0 Å². The molecule has 2 aliphatic rings. The number of carbonyl (C=O) groups is 3. The van der Waals surface area contributed by atoms with Crippen molar-refractivity contribution in [2.24, 2.45) is 0 Å². The van der Waals surface area contributed by atoms with Crippen LogP contribution >= 0.6 is 11.8 Å². The second-order valence-corrected chi connectivity index (χ2v) is 8.78. The van der Waals surface area contributed by atoms with Gasteiger partial charge in [0.05, 0.1) is 11.4 Å². The molecule has 0 atom stereocenters. The summed E-state index contributed by atoms with van der Waals surface area (Å²) in [6, 6.07) is 5.48. The molecule has 30 heavy (non-hydrogen) atoms. The van der Waals surface area contributed by atoms with Gasteiger partial charge in [0.25, 0.3) is 5.91 Å². The van der Waals surface area contributed by atoms with E-state index in [0.29, 0.717) is 18.0 Å². The Morgan fingerprint density at radius 3 is 2.77 bits per heavy atom. The van der Waals surface area contributed by atoms with Crippen LogP contribution in [0.4, 0.5) is 4.79 Å². The molecular weight excluding hydrogens is 402 g/mol. The Hall–Kier alpha value is -2.81. The third-order valence-corrected chi connectivity index (χ3v) is 6.85. The first-order valence-corrected chi connectivity index (χ1v) is 11.1. The molecule has 9 heteroatoms. The first-order chi connectivity index (χ1) is 14.4. The molecule has 4 rings (SSSR count). The van der Waals surface area contributed by atoms with Crippen molar-refractivity contribution in [3.8, 4) is 5.69 Å². The Morgan fingerprint density at radius 1 is 1.23 bits per heavy atom. The third-order valence-electron chi connectivity index (χ3n) is 5.88. The van der Waals surface area contributed by atoms with Crippen LogP contribution in [0.25, 0.3) is 5.69 Å². The van der Waals surface area contributed by atoms with E-state index in [2.05, 4.69) is 15.7 Å². The fourth-order valence-electron chi connectivity index (χ4n) is 4.08. The standard InChI is InChI=1S/C21H25N5O3S/c1-14-7-6-8-16(15(14)2)25-12-11-22-20(25)30-13-17(27)24-26-18(28)21(23-19(26)29)9-4-3-5-10-21/h6-8,11-12H,3-5,9-10,13H2,1-2H3,(H,23,29)(H,24,27). The van der Waals surface area contributed by atoms with Crippen LogP contribution in [0.1, 0.15) is 43.2 Å². The number of nitrogens with zero attached hydrogens (tertiary/aromatic N) is 3. The Labute approximate surface area is 179 Å². The highest BCUT2D eigenvalue weighted by Gasteiger charge is 2.52. The summed E-state index contributed by atoms with van der Waals surface area (Å²) in [5.74, 6) is -0.749. The number of thioether (sulfide) groups is 1. The summed E-state index contributed by atoms with van der Waals surface area (Å²) in [5, 5.41) is 4.29. The number of amides is 4. The Kier molecular flexibility index (Phi) is 5.55. The molecule has 1 saturated carbocycles. The molecule has 1 saturated heterocycles. The van der Waals surface area contributed by atoms with Crippen molar-refractivity contribution >= 4 is 29.6 Å². The molecule has 0 bridgehead atoms. The van der Waals surface area contributed by atoms with Gasteiger partial charge in [-0.3, -0.25) is 19.6 Å². The number of nitrogens with one attached hydrogen (secondary N) is 2. The zero-order chi connectivity index (χ0) is 21.3. The van der Waals surface area contributed by atoms with Crippen LogP contribution < -0.4 is 10.7 Å². The Morgan fingerprint density at radius 2 is 2.00 bits per heavy atom. The van der Waals surface area contributed by atoms with Gasteiger partial charge in [-0.2, -0.15) is 5.01 Å². The van der Waals surface area contributed by atoms with E-state index in [4.69, 9.17) is 0 Å². The van der Waals surface area contributed by atoms with E-state index in [-0.39, 0.29) is 11.7 Å². The van der Waals surface area contributed by atoms with Crippen molar-refractivity contribution in [2.45, 2.75) is 56.6 Å². The maximum atomic E-state index is 12.8. The second-order valence-electron chi connectivity index (χ2n) is 7.84. The van der Waals surface area contributed by atoms with Gasteiger partial charge in [-0.25, -0.2) is 9.78 Å². The molecule has 1 aromatic carbocycles. The number of benzene rings is 1. The molecule has 1 aliphatic carbocycles. The van der Waals surface area contributed by atoms with Gasteiger partial charge in [0, 0.05) is 12.4 Å². The lowest BCUT2D eigenvalue weighted by Crippen LogP contribution is -2.51. The zero-order valence-corrected chi connectivity index (χ0v) is 17.9. The quantitative estimate of drug-likeness (QED) is 0.565. The molecule has 8 nitrogen and oxygen atoms in total. The average Bonchev–Trinajstić information content (AvgIpc) is 3.28.